The Morgan fingerprint density at radius 2 is 1.91 bits per heavy atom. The molecule has 1 saturated carbocycles. The van der Waals surface area contributed by atoms with Crippen molar-refractivity contribution in [2.24, 2.45) is 0 Å². The average molecular weight is 362 g/mol. The third-order valence-corrected chi connectivity index (χ3v) is 4.50. The van der Waals surface area contributed by atoms with Gasteiger partial charge < -0.3 is 5.32 Å². The Bertz CT molecular complexity index is 697. The van der Waals surface area contributed by atoms with E-state index in [1.54, 1.807) is 0 Å². The van der Waals surface area contributed by atoms with Gasteiger partial charge in [0.2, 0.25) is 0 Å². The lowest BCUT2D eigenvalue weighted by Crippen LogP contribution is -2.27. The van der Waals surface area contributed by atoms with Crippen molar-refractivity contribution in [2.45, 2.75) is 45.1 Å². The van der Waals surface area contributed by atoms with E-state index in [-0.39, 0.29) is 11.4 Å². The number of halogens is 1. The van der Waals surface area contributed by atoms with Gasteiger partial charge in [0.25, 0.3) is 5.91 Å². The molecular weight excluding hydrogens is 342 g/mol. The maximum atomic E-state index is 12.5. The number of benzene rings is 1. The Labute approximate surface area is 139 Å². The molecule has 1 heterocycles. The molecule has 0 spiro atoms. The first-order valence-corrected chi connectivity index (χ1v) is 8.32. The minimum Gasteiger partial charge on any atom is -0.306 e. The van der Waals surface area contributed by atoms with Crippen LogP contribution in [0.25, 0.3) is 0 Å². The predicted octanol–water partition coefficient (Wildman–Crippen LogP) is 4.53. The molecule has 116 valence electrons. The number of carbonyl (C=O) groups is 1. The summed E-state index contributed by atoms with van der Waals surface area (Å²) in [4.78, 5) is 12.5. The number of hydrogen-bond acceptors (Lipinski definition) is 2. The third-order valence-electron chi connectivity index (χ3n) is 3.72. The molecule has 0 saturated heterocycles. The van der Waals surface area contributed by atoms with Gasteiger partial charge in [0.05, 0.1) is 15.7 Å². The van der Waals surface area contributed by atoms with Gasteiger partial charge in [0.15, 0.2) is 0 Å². The SMILES string of the molecule is CC(C)(C)n1nc(C2CC2)c(Br)c1NC(=O)c1ccccc1. The molecular formula is C17H20BrN3O. The van der Waals surface area contributed by atoms with Crippen LogP contribution in [-0.2, 0) is 5.54 Å². The number of hydrogen-bond donors (Lipinski definition) is 1. The van der Waals surface area contributed by atoms with Crippen LogP contribution in [0.4, 0.5) is 5.82 Å². The first-order chi connectivity index (χ1) is 10.4. The maximum Gasteiger partial charge on any atom is 0.256 e. The second kappa shape index (κ2) is 5.54. The van der Waals surface area contributed by atoms with E-state index >= 15 is 0 Å². The maximum absolute atomic E-state index is 12.5. The fourth-order valence-electron chi connectivity index (χ4n) is 2.40. The minimum absolute atomic E-state index is 0.117. The number of nitrogens with one attached hydrogen (secondary N) is 1. The number of aromatic nitrogens is 2. The molecule has 1 amide bonds. The van der Waals surface area contributed by atoms with Crippen molar-refractivity contribution in [1.82, 2.24) is 9.78 Å². The quantitative estimate of drug-likeness (QED) is 0.872. The largest absolute Gasteiger partial charge is 0.306 e. The highest BCUT2D eigenvalue weighted by molar-refractivity contribution is 9.10. The Morgan fingerprint density at radius 3 is 2.45 bits per heavy atom. The van der Waals surface area contributed by atoms with Gasteiger partial charge in [-0.25, -0.2) is 4.68 Å². The fourth-order valence-corrected chi connectivity index (χ4v) is 3.07. The van der Waals surface area contributed by atoms with Crippen molar-refractivity contribution in [3.63, 3.8) is 0 Å². The van der Waals surface area contributed by atoms with Crippen LogP contribution in [0.1, 0.15) is 55.6 Å². The molecule has 0 aliphatic heterocycles. The van der Waals surface area contributed by atoms with E-state index in [1.807, 2.05) is 35.0 Å². The lowest BCUT2D eigenvalue weighted by Gasteiger charge is -2.22. The highest BCUT2D eigenvalue weighted by Crippen LogP contribution is 2.45. The lowest BCUT2D eigenvalue weighted by molar-refractivity contribution is 0.102. The van der Waals surface area contributed by atoms with Crippen molar-refractivity contribution in [3.8, 4) is 0 Å². The monoisotopic (exact) mass is 361 g/mol. The van der Waals surface area contributed by atoms with E-state index in [4.69, 9.17) is 5.10 Å². The molecule has 3 rings (SSSR count). The highest BCUT2D eigenvalue weighted by Gasteiger charge is 2.33. The molecule has 1 aliphatic carbocycles. The summed E-state index contributed by atoms with van der Waals surface area (Å²) in [7, 11) is 0. The summed E-state index contributed by atoms with van der Waals surface area (Å²) in [5, 5.41) is 7.76. The molecule has 0 bridgehead atoms. The summed E-state index contributed by atoms with van der Waals surface area (Å²) in [5.41, 5.74) is 1.50. The van der Waals surface area contributed by atoms with Crippen LogP contribution in [0.3, 0.4) is 0 Å². The molecule has 2 aromatic rings. The molecule has 1 aliphatic rings. The fraction of sp³-hybridized carbons (Fsp3) is 0.412. The summed E-state index contributed by atoms with van der Waals surface area (Å²) in [5.74, 6) is 1.14. The number of rotatable bonds is 3. The second-order valence-corrected chi connectivity index (χ2v) is 7.52. The molecule has 5 heteroatoms. The Kier molecular flexibility index (Phi) is 3.85. The predicted molar refractivity (Wildman–Crippen MR) is 91.3 cm³/mol. The highest BCUT2D eigenvalue weighted by atomic mass is 79.9. The van der Waals surface area contributed by atoms with Crippen LogP contribution in [-0.4, -0.2) is 15.7 Å². The summed E-state index contributed by atoms with van der Waals surface area (Å²) >= 11 is 3.64. The first-order valence-electron chi connectivity index (χ1n) is 7.53. The van der Waals surface area contributed by atoms with Gasteiger partial charge in [0.1, 0.15) is 5.82 Å². The standard InChI is InChI=1S/C17H20BrN3O/c1-17(2,3)21-15(13(18)14(20-21)11-9-10-11)19-16(22)12-7-5-4-6-8-12/h4-8,11H,9-10H2,1-3H3,(H,19,22). The van der Waals surface area contributed by atoms with Gasteiger partial charge >= 0.3 is 0 Å². The summed E-state index contributed by atoms with van der Waals surface area (Å²) < 4.78 is 2.82. The number of anilines is 1. The summed E-state index contributed by atoms with van der Waals surface area (Å²) in [6.07, 6.45) is 2.34. The van der Waals surface area contributed by atoms with Gasteiger partial charge in [-0.3, -0.25) is 4.79 Å². The van der Waals surface area contributed by atoms with Gasteiger partial charge in [-0.15, -0.1) is 0 Å². The lowest BCUT2D eigenvalue weighted by atomic mass is 10.1. The van der Waals surface area contributed by atoms with Crippen LogP contribution in [0.15, 0.2) is 34.8 Å². The van der Waals surface area contributed by atoms with E-state index in [0.717, 1.165) is 16.0 Å². The Hall–Kier alpha value is -1.62. The van der Waals surface area contributed by atoms with E-state index in [1.165, 1.54) is 12.8 Å². The molecule has 1 N–H and O–H groups in total. The molecule has 1 fully saturated rings. The number of nitrogens with zero attached hydrogens (tertiary/aromatic N) is 2. The second-order valence-electron chi connectivity index (χ2n) is 6.72. The van der Waals surface area contributed by atoms with Crippen molar-refractivity contribution < 1.29 is 4.79 Å². The van der Waals surface area contributed by atoms with Gasteiger partial charge in [-0.05, 0) is 61.7 Å². The molecule has 0 atom stereocenters. The van der Waals surface area contributed by atoms with E-state index in [0.29, 0.717) is 11.5 Å². The van der Waals surface area contributed by atoms with Crippen molar-refractivity contribution in [3.05, 3.63) is 46.1 Å². The smallest absolute Gasteiger partial charge is 0.256 e. The zero-order chi connectivity index (χ0) is 15.9. The van der Waals surface area contributed by atoms with E-state index in [2.05, 4.69) is 42.0 Å². The molecule has 0 unspecified atom stereocenters. The molecule has 1 aromatic heterocycles. The molecule has 1 aromatic carbocycles. The normalized spacial score (nSPS) is 14.9. The van der Waals surface area contributed by atoms with E-state index in [9.17, 15) is 4.79 Å². The van der Waals surface area contributed by atoms with Crippen molar-refractivity contribution >= 4 is 27.7 Å². The van der Waals surface area contributed by atoms with E-state index < -0.39 is 0 Å². The van der Waals surface area contributed by atoms with Gasteiger partial charge in [-0.1, -0.05) is 18.2 Å². The summed E-state index contributed by atoms with van der Waals surface area (Å²) in [6.45, 7) is 6.25. The molecule has 22 heavy (non-hydrogen) atoms. The Balaban J connectivity index is 1.97. The zero-order valence-corrected chi connectivity index (χ0v) is 14.6. The summed E-state index contributed by atoms with van der Waals surface area (Å²) in [6, 6.07) is 9.24. The van der Waals surface area contributed by atoms with Crippen molar-refractivity contribution in [1.29, 1.82) is 0 Å². The number of amides is 1. The van der Waals surface area contributed by atoms with Crippen LogP contribution < -0.4 is 5.32 Å². The minimum atomic E-state index is -0.199. The van der Waals surface area contributed by atoms with Gasteiger partial charge in [0, 0.05) is 11.5 Å². The molecule has 4 nitrogen and oxygen atoms in total. The zero-order valence-electron chi connectivity index (χ0n) is 13.1. The van der Waals surface area contributed by atoms with Crippen molar-refractivity contribution in [2.75, 3.05) is 5.32 Å². The third kappa shape index (κ3) is 2.95. The van der Waals surface area contributed by atoms with Crippen LogP contribution in [0.2, 0.25) is 0 Å². The topological polar surface area (TPSA) is 46.9 Å². The van der Waals surface area contributed by atoms with Crippen LogP contribution in [0, 0.1) is 0 Å². The average Bonchev–Trinajstić information content (AvgIpc) is 3.25. The number of carbonyl (C=O) groups excluding carboxylic acids is 1. The van der Waals surface area contributed by atoms with Crippen LogP contribution >= 0.6 is 15.9 Å². The van der Waals surface area contributed by atoms with Gasteiger partial charge in [-0.2, -0.15) is 5.10 Å². The first kappa shape index (κ1) is 15.3. The Morgan fingerprint density at radius 1 is 1.27 bits per heavy atom. The van der Waals surface area contributed by atoms with Crippen LogP contribution in [0.5, 0.6) is 0 Å². The molecule has 0 radical (unpaired) electrons.